The molecule has 2 aliphatic rings. The first-order valence-electron chi connectivity index (χ1n) is 12.4. The van der Waals surface area contributed by atoms with Crippen molar-refractivity contribution in [3.63, 3.8) is 0 Å². The van der Waals surface area contributed by atoms with Gasteiger partial charge >= 0.3 is 0 Å². The monoisotopic (exact) mass is 517 g/mol. The Labute approximate surface area is 218 Å². The molecule has 11 nitrogen and oxygen atoms in total. The first kappa shape index (κ1) is 25.3. The molecule has 38 heavy (non-hydrogen) atoms. The normalized spacial score (nSPS) is 19.7. The van der Waals surface area contributed by atoms with Crippen LogP contribution in [0, 0.1) is 17.0 Å². The van der Waals surface area contributed by atoms with E-state index in [1.54, 1.807) is 11.6 Å². The van der Waals surface area contributed by atoms with Crippen molar-refractivity contribution >= 4 is 23.1 Å². The topological polar surface area (TPSA) is 135 Å². The number of nitro groups is 1. The van der Waals surface area contributed by atoms with Gasteiger partial charge in [-0.3, -0.25) is 19.7 Å². The van der Waals surface area contributed by atoms with Crippen LogP contribution in [0.25, 0.3) is 11.4 Å². The standard InChI is InChI=1S/C27H27N5O6/c1-18-22(17-28-31(18)20-5-3-2-4-6-20)25(33)23-24(19-7-9-21(10-8-19)32(36)37)30(27(35)26(23)34)12-11-29-13-15-38-16-14-29/h2-10,17,24,33H,11-16H2,1H3. The van der Waals surface area contributed by atoms with Crippen molar-refractivity contribution in [3.05, 3.63) is 93.3 Å². The number of amides is 1. The Hall–Kier alpha value is -4.35. The number of nitrogens with one attached hydrogen (secondary N) is 1. The molecule has 5 rings (SSSR count). The Morgan fingerprint density at radius 3 is 2.45 bits per heavy atom. The van der Waals surface area contributed by atoms with Gasteiger partial charge in [-0.15, -0.1) is 0 Å². The van der Waals surface area contributed by atoms with Crippen molar-refractivity contribution in [2.75, 3.05) is 39.4 Å². The Balaban J connectivity index is 1.56. The first-order valence-corrected chi connectivity index (χ1v) is 12.4. The molecule has 2 saturated heterocycles. The van der Waals surface area contributed by atoms with Crippen molar-refractivity contribution in [1.29, 1.82) is 0 Å². The number of morpholine rings is 1. The molecule has 1 N–H and O–H groups in total. The maximum atomic E-state index is 13.9. The molecule has 0 bridgehead atoms. The number of para-hydroxylation sites is 1. The number of carbonyl (C=O) groups excluding carboxylic acids is 2. The van der Waals surface area contributed by atoms with E-state index >= 15 is 0 Å². The quantitative estimate of drug-likeness (QED) is 0.156. The molecule has 3 heterocycles. The summed E-state index contributed by atoms with van der Waals surface area (Å²) in [7, 11) is 0. The van der Waals surface area contributed by atoms with Gasteiger partial charge in [-0.05, 0) is 36.8 Å². The molecule has 0 spiro atoms. The average molecular weight is 518 g/mol. The van der Waals surface area contributed by atoms with Crippen LogP contribution in [0.3, 0.4) is 0 Å². The SMILES string of the molecule is Cc1c(C([O-])=C2C(=O)C(=O)N(CC[NH+]3CCOCC3)C2c2ccc([N+](=O)[O-])cc2)cnn1-c1ccccc1. The van der Waals surface area contributed by atoms with E-state index in [-0.39, 0.29) is 23.4 Å². The van der Waals surface area contributed by atoms with Gasteiger partial charge in [-0.25, -0.2) is 4.68 Å². The molecule has 1 atom stereocenters. The van der Waals surface area contributed by atoms with Crippen LogP contribution < -0.4 is 10.0 Å². The minimum absolute atomic E-state index is 0.124. The van der Waals surface area contributed by atoms with Crippen LogP contribution in [0.15, 0.2) is 66.4 Å². The number of ketones is 1. The second-order valence-electron chi connectivity index (χ2n) is 9.33. The minimum atomic E-state index is -0.955. The molecular weight excluding hydrogens is 490 g/mol. The summed E-state index contributed by atoms with van der Waals surface area (Å²) in [5, 5.41) is 29.4. The van der Waals surface area contributed by atoms with Crippen LogP contribution in [0.4, 0.5) is 5.69 Å². The van der Waals surface area contributed by atoms with E-state index in [0.29, 0.717) is 31.0 Å². The summed E-state index contributed by atoms with van der Waals surface area (Å²) in [6.45, 7) is 5.37. The lowest BCUT2D eigenvalue weighted by atomic mass is 9.95. The largest absolute Gasteiger partial charge is 0.872 e. The molecule has 1 amide bonds. The van der Waals surface area contributed by atoms with E-state index in [1.807, 2.05) is 30.3 Å². The fourth-order valence-electron chi connectivity index (χ4n) is 5.02. The number of hydrogen-bond donors (Lipinski definition) is 1. The third-order valence-electron chi connectivity index (χ3n) is 7.11. The zero-order chi connectivity index (χ0) is 26.8. The van der Waals surface area contributed by atoms with Crippen molar-refractivity contribution < 1.29 is 29.3 Å². The van der Waals surface area contributed by atoms with E-state index in [2.05, 4.69) is 5.10 Å². The molecule has 1 aromatic heterocycles. The second-order valence-corrected chi connectivity index (χ2v) is 9.33. The number of ether oxygens (including phenoxy) is 1. The smallest absolute Gasteiger partial charge is 0.295 e. The molecule has 2 fully saturated rings. The van der Waals surface area contributed by atoms with E-state index in [9.17, 15) is 24.8 Å². The Kier molecular flexibility index (Phi) is 7.03. The van der Waals surface area contributed by atoms with Gasteiger partial charge in [0.15, 0.2) is 0 Å². The number of Topliss-reactive ketones (excluding diaryl/α,β-unsaturated/α-hetero) is 1. The number of likely N-dealkylation sites (tertiary alicyclic amines) is 1. The fraction of sp³-hybridized carbons (Fsp3) is 0.296. The van der Waals surface area contributed by atoms with E-state index in [4.69, 9.17) is 4.74 Å². The second kappa shape index (κ2) is 10.6. The number of nitro benzene ring substituents is 1. The number of hydrogen-bond acceptors (Lipinski definition) is 7. The highest BCUT2D eigenvalue weighted by Gasteiger charge is 2.44. The first-order chi connectivity index (χ1) is 18.4. The van der Waals surface area contributed by atoms with Gasteiger partial charge in [-0.1, -0.05) is 24.0 Å². The van der Waals surface area contributed by atoms with Gasteiger partial charge in [0.2, 0.25) is 5.78 Å². The van der Waals surface area contributed by atoms with Gasteiger partial charge in [0.05, 0.1) is 49.2 Å². The van der Waals surface area contributed by atoms with Crippen LogP contribution in [0.5, 0.6) is 0 Å². The maximum Gasteiger partial charge on any atom is 0.295 e. The van der Waals surface area contributed by atoms with Crippen molar-refractivity contribution in [1.82, 2.24) is 14.7 Å². The summed E-state index contributed by atoms with van der Waals surface area (Å²) in [6, 6.07) is 13.9. The molecule has 0 saturated carbocycles. The fourth-order valence-corrected chi connectivity index (χ4v) is 5.02. The zero-order valence-corrected chi connectivity index (χ0v) is 20.8. The van der Waals surface area contributed by atoms with Crippen LogP contribution in [-0.2, 0) is 14.3 Å². The zero-order valence-electron chi connectivity index (χ0n) is 20.8. The van der Waals surface area contributed by atoms with Crippen molar-refractivity contribution in [2.24, 2.45) is 0 Å². The molecular formula is C27H27N5O6. The molecule has 11 heteroatoms. The Bertz CT molecular complexity index is 1390. The number of aromatic nitrogens is 2. The highest BCUT2D eigenvalue weighted by atomic mass is 16.6. The molecule has 3 aromatic rings. The predicted molar refractivity (Wildman–Crippen MR) is 134 cm³/mol. The number of rotatable bonds is 7. The third-order valence-corrected chi connectivity index (χ3v) is 7.11. The summed E-state index contributed by atoms with van der Waals surface area (Å²) in [6.07, 6.45) is 1.41. The predicted octanol–water partition coefficient (Wildman–Crippen LogP) is 0.228. The maximum absolute atomic E-state index is 13.9. The number of carbonyl (C=O) groups is 2. The Morgan fingerprint density at radius 2 is 1.79 bits per heavy atom. The lowest BCUT2D eigenvalue weighted by Crippen LogP contribution is -3.14. The van der Waals surface area contributed by atoms with Crippen molar-refractivity contribution in [3.8, 4) is 5.69 Å². The molecule has 2 aromatic carbocycles. The van der Waals surface area contributed by atoms with Crippen LogP contribution >= 0.6 is 0 Å². The lowest BCUT2D eigenvalue weighted by Gasteiger charge is -2.30. The molecule has 0 radical (unpaired) electrons. The minimum Gasteiger partial charge on any atom is -0.872 e. The highest BCUT2D eigenvalue weighted by molar-refractivity contribution is 6.46. The summed E-state index contributed by atoms with van der Waals surface area (Å²) in [5.74, 6) is -2.19. The van der Waals surface area contributed by atoms with Gasteiger partial charge in [0.1, 0.15) is 13.1 Å². The van der Waals surface area contributed by atoms with Gasteiger partial charge in [-0.2, -0.15) is 5.10 Å². The number of quaternary nitrogens is 1. The third kappa shape index (κ3) is 4.69. The molecule has 196 valence electrons. The molecule has 0 aliphatic carbocycles. The number of benzene rings is 2. The summed E-state index contributed by atoms with van der Waals surface area (Å²) in [5.41, 5.74) is 1.68. The summed E-state index contributed by atoms with van der Waals surface area (Å²) >= 11 is 0. The van der Waals surface area contributed by atoms with Crippen molar-refractivity contribution in [2.45, 2.75) is 13.0 Å². The van der Waals surface area contributed by atoms with Crippen LogP contribution in [-0.4, -0.2) is 70.7 Å². The van der Waals surface area contributed by atoms with E-state index in [1.165, 1.54) is 40.3 Å². The number of non-ortho nitro benzene ring substituents is 1. The summed E-state index contributed by atoms with van der Waals surface area (Å²) < 4.78 is 7.01. The van der Waals surface area contributed by atoms with Gasteiger partial charge < -0.3 is 19.6 Å². The van der Waals surface area contributed by atoms with Gasteiger partial charge in [0, 0.05) is 29.0 Å². The average Bonchev–Trinajstić information content (AvgIpc) is 3.45. The lowest BCUT2D eigenvalue weighted by molar-refractivity contribution is -0.907. The summed E-state index contributed by atoms with van der Waals surface area (Å²) in [4.78, 5) is 39.9. The van der Waals surface area contributed by atoms with Crippen LogP contribution in [0.1, 0.15) is 22.9 Å². The Morgan fingerprint density at radius 1 is 1.11 bits per heavy atom. The van der Waals surface area contributed by atoms with E-state index < -0.39 is 28.4 Å². The molecule has 1 unspecified atom stereocenters. The van der Waals surface area contributed by atoms with Crippen LogP contribution in [0.2, 0.25) is 0 Å². The van der Waals surface area contributed by atoms with Gasteiger partial charge in [0.25, 0.3) is 11.6 Å². The molecule has 2 aliphatic heterocycles. The van der Waals surface area contributed by atoms with E-state index in [0.717, 1.165) is 18.8 Å². The highest BCUT2D eigenvalue weighted by Crippen LogP contribution is 2.39. The number of nitrogens with zero attached hydrogens (tertiary/aromatic N) is 4.